The number of aromatic nitrogens is 3. The lowest BCUT2D eigenvalue weighted by atomic mass is 9.81. The van der Waals surface area contributed by atoms with Gasteiger partial charge in [-0.1, -0.05) is 147 Å². The van der Waals surface area contributed by atoms with Gasteiger partial charge in [-0.2, -0.15) is 0 Å². The number of rotatable bonds is 5. The molecule has 0 aliphatic heterocycles. The molecule has 0 saturated carbocycles. The largest absolute Gasteiger partial charge is 0.456 e. The number of hydrogen-bond donors (Lipinski definition) is 0. The maximum atomic E-state index is 6.28. The molecule has 2 heterocycles. The van der Waals surface area contributed by atoms with Gasteiger partial charge in [0.25, 0.3) is 0 Å². The van der Waals surface area contributed by atoms with Crippen LogP contribution in [0, 0.1) is 0 Å². The summed E-state index contributed by atoms with van der Waals surface area (Å²) in [6.45, 7) is 4.65. The van der Waals surface area contributed by atoms with Crippen LogP contribution in [0.4, 0.5) is 0 Å². The molecular weight excluding hydrogens is 635 g/mol. The molecule has 0 atom stereocenters. The van der Waals surface area contributed by atoms with E-state index >= 15 is 0 Å². The van der Waals surface area contributed by atoms with Gasteiger partial charge in [-0.3, -0.25) is 0 Å². The van der Waals surface area contributed by atoms with Crippen LogP contribution in [0.3, 0.4) is 0 Å². The molecule has 7 aromatic carbocycles. The highest BCUT2D eigenvalue weighted by molar-refractivity contribution is 6.07. The van der Waals surface area contributed by atoms with Gasteiger partial charge in [0.15, 0.2) is 17.5 Å². The second-order valence-electron chi connectivity index (χ2n) is 14.1. The molecule has 246 valence electrons. The van der Waals surface area contributed by atoms with Crippen molar-refractivity contribution in [2.75, 3.05) is 0 Å². The summed E-state index contributed by atoms with van der Waals surface area (Å²) in [6, 6.07) is 57.3. The third-order valence-electron chi connectivity index (χ3n) is 10.5. The van der Waals surface area contributed by atoms with Crippen molar-refractivity contribution in [3.8, 4) is 67.5 Å². The fourth-order valence-electron chi connectivity index (χ4n) is 7.76. The lowest BCUT2D eigenvalue weighted by Crippen LogP contribution is -2.15. The first-order valence-electron chi connectivity index (χ1n) is 17.7. The quantitative estimate of drug-likeness (QED) is 0.183. The van der Waals surface area contributed by atoms with Gasteiger partial charge in [0.05, 0.1) is 0 Å². The Morgan fingerprint density at radius 1 is 0.365 bits per heavy atom. The topological polar surface area (TPSA) is 51.8 Å². The van der Waals surface area contributed by atoms with Crippen LogP contribution in [-0.4, -0.2) is 15.0 Å². The molecule has 1 aliphatic carbocycles. The summed E-state index contributed by atoms with van der Waals surface area (Å²) in [5, 5.41) is 2.33. The van der Waals surface area contributed by atoms with E-state index in [9.17, 15) is 0 Å². The van der Waals surface area contributed by atoms with Crippen molar-refractivity contribution in [3.63, 3.8) is 0 Å². The van der Waals surface area contributed by atoms with Crippen molar-refractivity contribution in [3.05, 3.63) is 175 Å². The van der Waals surface area contributed by atoms with Gasteiger partial charge in [0, 0.05) is 32.9 Å². The molecule has 0 radical (unpaired) electrons. The highest BCUT2D eigenvalue weighted by atomic mass is 16.3. The Morgan fingerprint density at radius 3 is 1.56 bits per heavy atom. The molecule has 0 bridgehead atoms. The normalized spacial score (nSPS) is 13.0. The number of nitrogens with zero attached hydrogens (tertiary/aromatic N) is 3. The summed E-state index contributed by atoms with van der Waals surface area (Å²) in [5.41, 5.74) is 14.5. The number of furan rings is 1. The maximum Gasteiger partial charge on any atom is 0.164 e. The molecule has 0 fully saturated rings. The molecule has 4 nitrogen and oxygen atoms in total. The lowest BCUT2D eigenvalue weighted by Gasteiger charge is -2.22. The zero-order valence-corrected chi connectivity index (χ0v) is 28.8. The summed E-state index contributed by atoms with van der Waals surface area (Å²) in [6.07, 6.45) is 0. The van der Waals surface area contributed by atoms with Gasteiger partial charge in [-0.25, -0.2) is 15.0 Å². The predicted octanol–water partition coefficient (Wildman–Crippen LogP) is 12.4. The zero-order chi connectivity index (χ0) is 34.8. The van der Waals surface area contributed by atoms with E-state index in [1.54, 1.807) is 0 Å². The van der Waals surface area contributed by atoms with E-state index in [1.807, 2.05) is 72.8 Å². The predicted molar refractivity (Wildman–Crippen MR) is 212 cm³/mol. The molecule has 2 aromatic heterocycles. The molecule has 0 spiro atoms. The van der Waals surface area contributed by atoms with Gasteiger partial charge in [0.1, 0.15) is 11.2 Å². The van der Waals surface area contributed by atoms with E-state index < -0.39 is 0 Å². The standard InChI is InChI=1S/C48H33N3O/c1-48(2)41-27-35(24-25-37(41)39-28-40-38-18-9-10-19-43(38)52-44(40)29-42(39)48)31-22-20-30(21-23-31)34-16-11-17-36(26-34)47-50-45(32-12-5-3-6-13-32)49-46(51-47)33-14-7-4-8-15-33/h3-29H,1-2H3. The van der Waals surface area contributed by atoms with Crippen LogP contribution in [0.2, 0.25) is 0 Å². The van der Waals surface area contributed by atoms with Crippen LogP contribution >= 0.6 is 0 Å². The van der Waals surface area contributed by atoms with E-state index in [0.717, 1.165) is 44.4 Å². The number of fused-ring (bicyclic) bond motifs is 6. The molecule has 52 heavy (non-hydrogen) atoms. The second-order valence-corrected chi connectivity index (χ2v) is 14.1. The van der Waals surface area contributed by atoms with Crippen molar-refractivity contribution < 1.29 is 4.42 Å². The SMILES string of the molecule is CC1(C)c2cc(-c3ccc(-c4cccc(-c5nc(-c6ccccc6)nc(-c6ccccc6)n5)c4)cc3)ccc2-c2cc3c(cc21)oc1ccccc13. The molecule has 1 aliphatic rings. The summed E-state index contributed by atoms with van der Waals surface area (Å²) < 4.78 is 6.28. The Hall–Kier alpha value is -6.65. The Morgan fingerprint density at radius 2 is 0.885 bits per heavy atom. The maximum absolute atomic E-state index is 6.28. The fraction of sp³-hybridized carbons (Fsp3) is 0.0625. The van der Waals surface area contributed by atoms with Gasteiger partial charge in [0.2, 0.25) is 0 Å². The van der Waals surface area contributed by atoms with Crippen molar-refractivity contribution in [1.29, 1.82) is 0 Å². The van der Waals surface area contributed by atoms with E-state index in [4.69, 9.17) is 19.4 Å². The van der Waals surface area contributed by atoms with Gasteiger partial charge >= 0.3 is 0 Å². The average molecular weight is 668 g/mol. The van der Waals surface area contributed by atoms with Crippen molar-refractivity contribution in [2.45, 2.75) is 19.3 Å². The van der Waals surface area contributed by atoms with Crippen molar-refractivity contribution in [2.24, 2.45) is 0 Å². The molecule has 0 amide bonds. The average Bonchev–Trinajstić information content (AvgIpc) is 3.68. The first-order valence-corrected chi connectivity index (χ1v) is 17.7. The van der Waals surface area contributed by atoms with Crippen LogP contribution < -0.4 is 0 Å². The number of hydrogen-bond acceptors (Lipinski definition) is 4. The molecule has 0 unspecified atom stereocenters. The van der Waals surface area contributed by atoms with Crippen LogP contribution in [-0.2, 0) is 5.41 Å². The smallest absolute Gasteiger partial charge is 0.164 e. The summed E-state index contributed by atoms with van der Waals surface area (Å²) in [7, 11) is 0. The van der Waals surface area contributed by atoms with Crippen LogP contribution in [0.15, 0.2) is 168 Å². The molecule has 0 saturated heterocycles. The van der Waals surface area contributed by atoms with Gasteiger partial charge in [-0.15, -0.1) is 0 Å². The van der Waals surface area contributed by atoms with Crippen molar-refractivity contribution >= 4 is 21.9 Å². The van der Waals surface area contributed by atoms with E-state index in [-0.39, 0.29) is 5.41 Å². The molecule has 4 heteroatoms. The van der Waals surface area contributed by atoms with Gasteiger partial charge < -0.3 is 4.42 Å². The van der Waals surface area contributed by atoms with E-state index in [1.165, 1.54) is 38.8 Å². The molecule has 9 aromatic rings. The lowest BCUT2D eigenvalue weighted by molar-refractivity contribution is 0.647. The van der Waals surface area contributed by atoms with Crippen LogP contribution in [0.5, 0.6) is 0 Å². The summed E-state index contributed by atoms with van der Waals surface area (Å²) in [4.78, 5) is 14.7. The highest BCUT2D eigenvalue weighted by Gasteiger charge is 2.36. The van der Waals surface area contributed by atoms with Crippen molar-refractivity contribution in [1.82, 2.24) is 15.0 Å². The Bertz CT molecular complexity index is 2740. The van der Waals surface area contributed by atoms with Gasteiger partial charge in [-0.05, 0) is 74.8 Å². The van der Waals surface area contributed by atoms with Crippen LogP contribution in [0.1, 0.15) is 25.0 Å². The number of benzene rings is 7. The Balaban J connectivity index is 0.984. The molecule has 10 rings (SSSR count). The van der Waals surface area contributed by atoms with E-state index in [0.29, 0.717) is 17.5 Å². The summed E-state index contributed by atoms with van der Waals surface area (Å²) in [5.74, 6) is 1.96. The third kappa shape index (κ3) is 4.95. The minimum atomic E-state index is -0.149. The minimum absolute atomic E-state index is 0.149. The first kappa shape index (κ1) is 30.2. The molecular formula is C48H33N3O. The minimum Gasteiger partial charge on any atom is -0.456 e. The Labute approximate surface area is 302 Å². The second kappa shape index (κ2) is 11.7. The zero-order valence-electron chi connectivity index (χ0n) is 28.8. The monoisotopic (exact) mass is 667 g/mol. The highest BCUT2D eigenvalue weighted by Crippen LogP contribution is 2.51. The number of para-hydroxylation sites is 1. The molecule has 0 N–H and O–H groups in total. The van der Waals surface area contributed by atoms with Crippen LogP contribution in [0.25, 0.3) is 89.5 Å². The summed E-state index contributed by atoms with van der Waals surface area (Å²) >= 11 is 0. The Kier molecular flexibility index (Phi) is 6.80. The third-order valence-corrected chi connectivity index (χ3v) is 10.5. The fourth-order valence-corrected chi connectivity index (χ4v) is 7.76. The first-order chi connectivity index (χ1) is 25.5. The van der Waals surface area contributed by atoms with E-state index in [2.05, 4.69) is 105 Å².